The van der Waals surface area contributed by atoms with Gasteiger partial charge in [0, 0.05) is 25.6 Å². The van der Waals surface area contributed by atoms with Crippen molar-refractivity contribution in [2.75, 3.05) is 7.05 Å². The second kappa shape index (κ2) is 7.81. The minimum Gasteiger partial charge on any atom is -0.355 e. The predicted octanol–water partition coefficient (Wildman–Crippen LogP) is 2.63. The van der Waals surface area contributed by atoms with Crippen molar-refractivity contribution < 1.29 is 9.59 Å². The lowest BCUT2D eigenvalue weighted by Gasteiger charge is -2.09. The molecule has 1 aromatic carbocycles. The van der Waals surface area contributed by atoms with E-state index in [9.17, 15) is 9.59 Å². The van der Waals surface area contributed by atoms with E-state index >= 15 is 0 Å². The van der Waals surface area contributed by atoms with Gasteiger partial charge in [0.2, 0.25) is 5.91 Å². The van der Waals surface area contributed by atoms with Gasteiger partial charge in [-0.1, -0.05) is 37.8 Å². The van der Waals surface area contributed by atoms with Crippen molar-refractivity contribution in [1.82, 2.24) is 10.6 Å². The summed E-state index contributed by atoms with van der Waals surface area (Å²) < 4.78 is 0. The van der Waals surface area contributed by atoms with Crippen LogP contribution < -0.4 is 10.6 Å². The average molecular weight is 288 g/mol. The van der Waals surface area contributed by atoms with E-state index in [4.69, 9.17) is 0 Å². The normalized spacial score (nSPS) is 14.9. The summed E-state index contributed by atoms with van der Waals surface area (Å²) in [6.07, 6.45) is 6.81. The van der Waals surface area contributed by atoms with E-state index in [2.05, 4.69) is 10.6 Å². The molecule has 0 atom stereocenters. The molecular formula is C17H24N2O2. The van der Waals surface area contributed by atoms with Crippen LogP contribution in [-0.2, 0) is 11.3 Å². The molecule has 2 amide bonds. The first kappa shape index (κ1) is 15.5. The van der Waals surface area contributed by atoms with Crippen LogP contribution in [0.4, 0.5) is 0 Å². The molecule has 0 aliphatic heterocycles. The number of carbonyl (C=O) groups is 2. The average Bonchev–Trinajstić information content (AvgIpc) is 3.04. The van der Waals surface area contributed by atoms with Crippen molar-refractivity contribution in [3.8, 4) is 0 Å². The summed E-state index contributed by atoms with van der Waals surface area (Å²) in [5.41, 5.74) is 1.57. The molecule has 2 N–H and O–H groups in total. The van der Waals surface area contributed by atoms with Gasteiger partial charge in [0.1, 0.15) is 0 Å². The Morgan fingerprint density at radius 2 is 2.00 bits per heavy atom. The first-order chi connectivity index (χ1) is 10.2. The molecule has 1 aromatic rings. The van der Waals surface area contributed by atoms with E-state index in [1.807, 2.05) is 18.2 Å². The van der Waals surface area contributed by atoms with Gasteiger partial charge in [-0.15, -0.1) is 0 Å². The summed E-state index contributed by atoms with van der Waals surface area (Å²) in [6.45, 7) is 0.480. The third-order valence-corrected chi connectivity index (χ3v) is 4.16. The molecular weight excluding hydrogens is 264 g/mol. The number of rotatable bonds is 6. The first-order valence-electron chi connectivity index (χ1n) is 7.77. The van der Waals surface area contributed by atoms with E-state index in [0.29, 0.717) is 18.5 Å². The summed E-state index contributed by atoms with van der Waals surface area (Å²) >= 11 is 0. The van der Waals surface area contributed by atoms with Gasteiger partial charge in [-0.3, -0.25) is 9.59 Å². The van der Waals surface area contributed by atoms with E-state index in [0.717, 1.165) is 17.9 Å². The van der Waals surface area contributed by atoms with Crippen molar-refractivity contribution in [1.29, 1.82) is 0 Å². The Morgan fingerprint density at radius 1 is 1.24 bits per heavy atom. The maximum atomic E-state index is 11.9. The quantitative estimate of drug-likeness (QED) is 0.845. The first-order valence-corrected chi connectivity index (χ1v) is 7.77. The fourth-order valence-electron chi connectivity index (χ4n) is 2.89. The largest absolute Gasteiger partial charge is 0.355 e. The zero-order valence-corrected chi connectivity index (χ0v) is 12.7. The lowest BCUT2D eigenvalue weighted by molar-refractivity contribution is -0.121. The zero-order chi connectivity index (χ0) is 15.1. The summed E-state index contributed by atoms with van der Waals surface area (Å²) in [4.78, 5) is 23.4. The third-order valence-electron chi connectivity index (χ3n) is 4.16. The Morgan fingerprint density at radius 3 is 2.71 bits per heavy atom. The minimum atomic E-state index is -0.107. The molecule has 0 heterocycles. The molecule has 1 saturated carbocycles. The van der Waals surface area contributed by atoms with E-state index in [-0.39, 0.29) is 11.8 Å². The Balaban J connectivity index is 1.76. The molecule has 0 aromatic heterocycles. The van der Waals surface area contributed by atoms with Crippen LogP contribution in [0, 0.1) is 5.92 Å². The highest BCUT2D eigenvalue weighted by atomic mass is 16.2. The lowest BCUT2D eigenvalue weighted by Crippen LogP contribution is -2.23. The van der Waals surface area contributed by atoms with Gasteiger partial charge in [0.05, 0.1) is 0 Å². The molecule has 4 nitrogen and oxygen atoms in total. The van der Waals surface area contributed by atoms with Crippen LogP contribution in [0.15, 0.2) is 24.3 Å². The van der Waals surface area contributed by atoms with Crippen molar-refractivity contribution >= 4 is 11.8 Å². The Kier molecular flexibility index (Phi) is 5.78. The maximum absolute atomic E-state index is 11.9. The van der Waals surface area contributed by atoms with Gasteiger partial charge in [-0.05, 0) is 30.0 Å². The number of benzene rings is 1. The minimum absolute atomic E-state index is 0.104. The van der Waals surface area contributed by atoms with Crippen LogP contribution in [0.2, 0.25) is 0 Å². The molecule has 21 heavy (non-hydrogen) atoms. The van der Waals surface area contributed by atoms with E-state index < -0.39 is 0 Å². The number of nitrogens with one attached hydrogen (secondary N) is 2. The van der Waals surface area contributed by atoms with Crippen LogP contribution in [0.1, 0.15) is 54.4 Å². The van der Waals surface area contributed by atoms with Gasteiger partial charge in [0.15, 0.2) is 0 Å². The fourth-order valence-corrected chi connectivity index (χ4v) is 2.89. The van der Waals surface area contributed by atoms with Crippen LogP contribution in [0.25, 0.3) is 0 Å². The van der Waals surface area contributed by atoms with Crippen LogP contribution in [0.5, 0.6) is 0 Å². The molecule has 0 bridgehead atoms. The molecule has 0 saturated heterocycles. The van der Waals surface area contributed by atoms with Gasteiger partial charge < -0.3 is 10.6 Å². The monoisotopic (exact) mass is 288 g/mol. The molecule has 1 aliphatic carbocycles. The number of hydrogen-bond donors (Lipinski definition) is 2. The molecule has 2 rings (SSSR count). The van der Waals surface area contributed by atoms with Crippen molar-refractivity contribution in [3.05, 3.63) is 35.4 Å². The van der Waals surface area contributed by atoms with Gasteiger partial charge >= 0.3 is 0 Å². The van der Waals surface area contributed by atoms with Crippen molar-refractivity contribution in [2.24, 2.45) is 5.92 Å². The number of amides is 2. The smallest absolute Gasteiger partial charge is 0.251 e. The lowest BCUT2D eigenvalue weighted by atomic mass is 10.0. The van der Waals surface area contributed by atoms with Gasteiger partial charge in [-0.25, -0.2) is 0 Å². The molecule has 0 spiro atoms. The molecule has 1 aliphatic rings. The van der Waals surface area contributed by atoms with Crippen LogP contribution in [0.3, 0.4) is 0 Å². The summed E-state index contributed by atoms with van der Waals surface area (Å²) in [5.74, 6) is 0.740. The van der Waals surface area contributed by atoms with E-state index in [1.165, 1.54) is 25.7 Å². The highest BCUT2D eigenvalue weighted by Gasteiger charge is 2.16. The van der Waals surface area contributed by atoms with Crippen LogP contribution in [-0.4, -0.2) is 18.9 Å². The molecule has 114 valence electrons. The Labute approximate surface area is 126 Å². The van der Waals surface area contributed by atoms with E-state index in [1.54, 1.807) is 13.1 Å². The second-order valence-corrected chi connectivity index (χ2v) is 5.75. The van der Waals surface area contributed by atoms with Crippen LogP contribution >= 0.6 is 0 Å². The Hall–Kier alpha value is -1.84. The summed E-state index contributed by atoms with van der Waals surface area (Å²) in [7, 11) is 1.61. The third kappa shape index (κ3) is 4.88. The standard InChI is InChI=1S/C17H24N2O2/c1-18-17(21)15-8-4-7-14(11-15)12-19-16(20)10-9-13-5-2-3-6-13/h4,7-8,11,13H,2-3,5-6,9-10,12H2,1H3,(H,18,21)(H,19,20). The maximum Gasteiger partial charge on any atom is 0.251 e. The molecule has 1 fully saturated rings. The van der Waals surface area contributed by atoms with Gasteiger partial charge in [-0.2, -0.15) is 0 Å². The zero-order valence-electron chi connectivity index (χ0n) is 12.7. The van der Waals surface area contributed by atoms with Crippen molar-refractivity contribution in [3.63, 3.8) is 0 Å². The SMILES string of the molecule is CNC(=O)c1cccc(CNC(=O)CCC2CCCC2)c1. The topological polar surface area (TPSA) is 58.2 Å². The van der Waals surface area contributed by atoms with Gasteiger partial charge in [0.25, 0.3) is 5.91 Å². The predicted molar refractivity (Wildman–Crippen MR) is 82.9 cm³/mol. The fraction of sp³-hybridized carbons (Fsp3) is 0.529. The second-order valence-electron chi connectivity index (χ2n) is 5.75. The summed E-state index contributed by atoms with van der Waals surface area (Å²) in [6, 6.07) is 7.34. The molecule has 0 unspecified atom stereocenters. The number of carbonyl (C=O) groups excluding carboxylic acids is 2. The Bertz CT molecular complexity index is 493. The highest BCUT2D eigenvalue weighted by Crippen LogP contribution is 2.28. The van der Waals surface area contributed by atoms with Crippen molar-refractivity contribution in [2.45, 2.75) is 45.1 Å². The number of hydrogen-bond acceptors (Lipinski definition) is 2. The molecule has 0 radical (unpaired) electrons. The summed E-state index contributed by atoms with van der Waals surface area (Å²) in [5, 5.41) is 5.54. The highest BCUT2D eigenvalue weighted by molar-refractivity contribution is 5.94. The molecule has 4 heteroatoms.